The molecule has 1 saturated heterocycles. The summed E-state index contributed by atoms with van der Waals surface area (Å²) in [5.74, 6) is 8.09. The van der Waals surface area contributed by atoms with Gasteiger partial charge in [-0.15, -0.1) is 0 Å². The van der Waals surface area contributed by atoms with E-state index in [1.54, 1.807) is 7.11 Å². The molecule has 0 spiro atoms. The van der Waals surface area contributed by atoms with Gasteiger partial charge in [-0.05, 0) is 32.7 Å². The Hall–Kier alpha value is -1.44. The van der Waals surface area contributed by atoms with Crippen molar-refractivity contribution in [3.05, 3.63) is 11.9 Å². The van der Waals surface area contributed by atoms with Crippen molar-refractivity contribution < 1.29 is 4.74 Å². The molecule has 1 aliphatic heterocycles. The molecule has 118 valence electrons. The van der Waals surface area contributed by atoms with E-state index in [-0.39, 0.29) is 0 Å². The number of anilines is 2. The maximum absolute atomic E-state index is 5.44. The Morgan fingerprint density at radius 1 is 1.43 bits per heavy atom. The largest absolute Gasteiger partial charge is 0.377 e. The van der Waals surface area contributed by atoms with E-state index < -0.39 is 0 Å². The van der Waals surface area contributed by atoms with Gasteiger partial charge in [0.05, 0.1) is 0 Å². The number of hydrogen-bond acceptors (Lipinski definition) is 7. The fourth-order valence-electron chi connectivity index (χ4n) is 2.60. The van der Waals surface area contributed by atoms with Gasteiger partial charge in [-0.3, -0.25) is 0 Å². The maximum Gasteiger partial charge on any atom is 0.158 e. The van der Waals surface area contributed by atoms with Gasteiger partial charge >= 0.3 is 0 Å². The summed E-state index contributed by atoms with van der Waals surface area (Å²) in [5, 5.41) is 3.39. The van der Waals surface area contributed by atoms with Crippen molar-refractivity contribution in [1.82, 2.24) is 14.9 Å². The van der Waals surface area contributed by atoms with Gasteiger partial charge in [0.1, 0.15) is 18.2 Å². The maximum atomic E-state index is 5.44. The first-order valence-corrected chi connectivity index (χ1v) is 7.43. The van der Waals surface area contributed by atoms with E-state index in [0.717, 1.165) is 18.9 Å². The van der Waals surface area contributed by atoms with Crippen molar-refractivity contribution in [2.75, 3.05) is 37.5 Å². The Bertz CT molecular complexity index is 453. The second kappa shape index (κ2) is 7.53. The minimum absolute atomic E-state index is 0.370. The van der Waals surface area contributed by atoms with Crippen LogP contribution >= 0.6 is 0 Å². The first-order chi connectivity index (χ1) is 10.1. The number of rotatable bonds is 7. The van der Waals surface area contributed by atoms with Gasteiger partial charge in [0, 0.05) is 32.3 Å². The molecule has 2 heterocycles. The van der Waals surface area contributed by atoms with E-state index in [4.69, 9.17) is 10.6 Å². The molecule has 1 aromatic heterocycles. The van der Waals surface area contributed by atoms with Crippen LogP contribution in [0.5, 0.6) is 0 Å². The lowest BCUT2D eigenvalue weighted by Crippen LogP contribution is -2.29. The number of nitrogens with one attached hydrogen (secondary N) is 2. The van der Waals surface area contributed by atoms with Gasteiger partial charge in [-0.25, -0.2) is 15.8 Å². The predicted octanol–water partition coefficient (Wildman–Crippen LogP) is 1.05. The fraction of sp³-hybridized carbons (Fsp3) is 0.714. The van der Waals surface area contributed by atoms with E-state index in [9.17, 15) is 0 Å². The lowest BCUT2D eigenvalue weighted by atomic mass is 10.1. The Balaban J connectivity index is 1.92. The summed E-state index contributed by atoms with van der Waals surface area (Å²) in [4.78, 5) is 11.2. The third-order valence-corrected chi connectivity index (χ3v) is 3.81. The third-order valence-electron chi connectivity index (χ3n) is 3.81. The van der Waals surface area contributed by atoms with Gasteiger partial charge in [0.2, 0.25) is 0 Å². The van der Waals surface area contributed by atoms with Crippen LogP contribution in [0.15, 0.2) is 6.07 Å². The number of nitrogens with zero attached hydrogens (tertiary/aromatic N) is 3. The number of hydrogen-bond donors (Lipinski definition) is 3. The van der Waals surface area contributed by atoms with Gasteiger partial charge in [0.15, 0.2) is 5.82 Å². The average molecular weight is 294 g/mol. The quantitative estimate of drug-likeness (QED) is 0.511. The number of hydrazine groups is 1. The molecule has 0 aliphatic carbocycles. The van der Waals surface area contributed by atoms with Crippen LogP contribution in [0.2, 0.25) is 0 Å². The molecule has 1 atom stereocenters. The van der Waals surface area contributed by atoms with E-state index in [1.165, 1.54) is 13.0 Å². The summed E-state index contributed by atoms with van der Waals surface area (Å²) < 4.78 is 5.07. The zero-order chi connectivity index (χ0) is 15.2. The molecule has 7 heteroatoms. The highest BCUT2D eigenvalue weighted by molar-refractivity contribution is 5.46. The molecule has 1 fully saturated rings. The standard InChI is InChI=1S/C14H26N6O/c1-10(2)20-5-4-11(8-20)7-16-12-6-13(19-15)18-14(17-12)9-21-3/h6,10-11H,4-5,7-9,15H2,1-3H3,(H2,16,17,18,19). The van der Waals surface area contributed by atoms with Crippen LogP contribution in [0.4, 0.5) is 11.6 Å². The van der Waals surface area contributed by atoms with Crippen LogP contribution in [0.3, 0.4) is 0 Å². The van der Waals surface area contributed by atoms with Crippen LogP contribution in [0.1, 0.15) is 26.1 Å². The molecule has 7 nitrogen and oxygen atoms in total. The molecule has 0 saturated carbocycles. The fourth-order valence-corrected chi connectivity index (χ4v) is 2.60. The molecular weight excluding hydrogens is 268 g/mol. The Kier molecular flexibility index (Phi) is 5.72. The normalized spacial score (nSPS) is 19.2. The Labute approximate surface area is 126 Å². The number of nitrogen functional groups attached to an aromatic ring is 1. The van der Waals surface area contributed by atoms with E-state index in [1.807, 2.05) is 6.07 Å². The topological polar surface area (TPSA) is 88.3 Å². The lowest BCUT2D eigenvalue weighted by molar-refractivity contribution is 0.178. The molecule has 1 aromatic rings. The Morgan fingerprint density at radius 3 is 2.81 bits per heavy atom. The first kappa shape index (κ1) is 15.9. The number of methoxy groups -OCH3 is 1. The molecule has 0 amide bonds. The highest BCUT2D eigenvalue weighted by Crippen LogP contribution is 2.19. The predicted molar refractivity (Wildman–Crippen MR) is 83.9 cm³/mol. The zero-order valence-electron chi connectivity index (χ0n) is 13.1. The van der Waals surface area contributed by atoms with Gasteiger partial charge in [-0.2, -0.15) is 0 Å². The van der Waals surface area contributed by atoms with Crippen molar-refractivity contribution in [1.29, 1.82) is 0 Å². The minimum atomic E-state index is 0.370. The molecule has 21 heavy (non-hydrogen) atoms. The molecule has 0 radical (unpaired) electrons. The second-order valence-corrected chi connectivity index (χ2v) is 5.76. The van der Waals surface area contributed by atoms with E-state index in [0.29, 0.717) is 30.2 Å². The molecule has 2 rings (SSSR count). The number of likely N-dealkylation sites (tertiary alicyclic amines) is 1. The molecule has 0 aromatic carbocycles. The Morgan fingerprint density at radius 2 is 2.19 bits per heavy atom. The van der Waals surface area contributed by atoms with Crippen molar-refractivity contribution in [3.8, 4) is 0 Å². The van der Waals surface area contributed by atoms with E-state index >= 15 is 0 Å². The van der Waals surface area contributed by atoms with Crippen LogP contribution in [0, 0.1) is 5.92 Å². The summed E-state index contributed by atoms with van der Waals surface area (Å²) >= 11 is 0. The second-order valence-electron chi connectivity index (χ2n) is 5.76. The molecule has 1 aliphatic rings. The smallest absolute Gasteiger partial charge is 0.158 e. The van der Waals surface area contributed by atoms with Crippen molar-refractivity contribution in [2.45, 2.75) is 32.9 Å². The zero-order valence-corrected chi connectivity index (χ0v) is 13.1. The summed E-state index contributed by atoms with van der Waals surface area (Å²) in [6.45, 7) is 8.10. The molecule has 0 bridgehead atoms. The van der Waals surface area contributed by atoms with Crippen molar-refractivity contribution in [3.63, 3.8) is 0 Å². The number of aromatic nitrogens is 2. The lowest BCUT2D eigenvalue weighted by Gasteiger charge is -2.20. The average Bonchev–Trinajstić information content (AvgIpc) is 2.94. The first-order valence-electron chi connectivity index (χ1n) is 7.43. The molecule has 1 unspecified atom stereocenters. The SMILES string of the molecule is COCc1nc(NN)cc(NCC2CCN(C(C)C)C2)n1. The minimum Gasteiger partial charge on any atom is -0.377 e. The molecule has 4 N–H and O–H groups in total. The number of nitrogens with two attached hydrogens (primary N) is 1. The van der Waals surface area contributed by atoms with Gasteiger partial charge < -0.3 is 20.4 Å². The van der Waals surface area contributed by atoms with Crippen LogP contribution in [0.25, 0.3) is 0 Å². The summed E-state index contributed by atoms with van der Waals surface area (Å²) in [6, 6.07) is 2.43. The monoisotopic (exact) mass is 294 g/mol. The van der Waals surface area contributed by atoms with Crippen LogP contribution in [-0.2, 0) is 11.3 Å². The van der Waals surface area contributed by atoms with Crippen LogP contribution in [-0.4, -0.2) is 47.7 Å². The highest BCUT2D eigenvalue weighted by atomic mass is 16.5. The summed E-state index contributed by atoms with van der Waals surface area (Å²) in [7, 11) is 1.62. The number of ether oxygens (including phenoxy) is 1. The van der Waals surface area contributed by atoms with Crippen molar-refractivity contribution in [2.24, 2.45) is 11.8 Å². The van der Waals surface area contributed by atoms with Crippen molar-refractivity contribution >= 4 is 11.6 Å². The highest BCUT2D eigenvalue weighted by Gasteiger charge is 2.23. The molecular formula is C14H26N6O. The van der Waals surface area contributed by atoms with Gasteiger partial charge in [0.25, 0.3) is 0 Å². The summed E-state index contributed by atoms with van der Waals surface area (Å²) in [5.41, 5.74) is 2.56. The van der Waals surface area contributed by atoms with E-state index in [2.05, 4.69) is 39.5 Å². The third kappa shape index (κ3) is 4.52. The van der Waals surface area contributed by atoms with Gasteiger partial charge in [-0.1, -0.05) is 0 Å². The summed E-state index contributed by atoms with van der Waals surface area (Å²) in [6.07, 6.45) is 1.23. The van der Waals surface area contributed by atoms with Crippen LogP contribution < -0.4 is 16.6 Å².